The molecule has 4 aromatic rings. The first-order valence-corrected chi connectivity index (χ1v) is 14.0. The van der Waals surface area contributed by atoms with Gasteiger partial charge in [-0.1, -0.05) is 42.5 Å². The van der Waals surface area contributed by atoms with Gasteiger partial charge in [0.2, 0.25) is 16.0 Å². The third-order valence-electron chi connectivity index (χ3n) is 7.04. The minimum absolute atomic E-state index is 0.207. The van der Waals surface area contributed by atoms with E-state index in [4.69, 9.17) is 9.47 Å². The summed E-state index contributed by atoms with van der Waals surface area (Å²) in [6, 6.07) is 22.1. The van der Waals surface area contributed by atoms with Crippen LogP contribution in [0.15, 0.2) is 83.9 Å². The van der Waals surface area contributed by atoms with E-state index in [2.05, 4.69) is 20.0 Å². The van der Waals surface area contributed by atoms with E-state index in [1.54, 1.807) is 18.3 Å². The average Bonchev–Trinajstić information content (AvgIpc) is 3.51. The molecule has 2 aliphatic rings. The lowest BCUT2D eigenvalue weighted by Gasteiger charge is -2.19. The van der Waals surface area contributed by atoms with Crippen LogP contribution < -0.4 is 14.9 Å². The van der Waals surface area contributed by atoms with E-state index in [0.29, 0.717) is 12.6 Å². The normalized spacial score (nSPS) is 22.9. The SMILES string of the molecule is CN(C)c1ccc(-c2ccnc(NC3COC4C(NS(=O)(=O)c5ccc6ccccc6c5)COC34)n2)cc1. The lowest BCUT2D eigenvalue weighted by atomic mass is 10.1. The fraction of sp³-hybridized carbons (Fsp3) is 0.286. The number of fused-ring (bicyclic) bond motifs is 2. The molecular formula is C28H29N5O4S. The van der Waals surface area contributed by atoms with Gasteiger partial charge in [-0.2, -0.15) is 0 Å². The maximum Gasteiger partial charge on any atom is 0.241 e. The lowest BCUT2D eigenvalue weighted by molar-refractivity contribution is 0.0690. The second-order valence-electron chi connectivity index (χ2n) is 9.79. The van der Waals surface area contributed by atoms with Crippen LogP contribution >= 0.6 is 0 Å². The molecule has 4 atom stereocenters. The molecule has 6 rings (SSSR count). The van der Waals surface area contributed by atoms with Crippen LogP contribution in [0, 0.1) is 0 Å². The molecule has 0 bridgehead atoms. The van der Waals surface area contributed by atoms with E-state index < -0.39 is 22.2 Å². The van der Waals surface area contributed by atoms with Gasteiger partial charge in [-0.3, -0.25) is 0 Å². The summed E-state index contributed by atoms with van der Waals surface area (Å²) in [6.45, 7) is 0.577. The number of hydrogen-bond acceptors (Lipinski definition) is 8. The predicted octanol–water partition coefficient (Wildman–Crippen LogP) is 3.29. The second-order valence-corrected chi connectivity index (χ2v) is 11.5. The number of ether oxygens (including phenoxy) is 2. The minimum Gasteiger partial charge on any atom is -0.378 e. The summed E-state index contributed by atoms with van der Waals surface area (Å²) in [7, 11) is 0.252. The van der Waals surface area contributed by atoms with Gasteiger partial charge >= 0.3 is 0 Å². The minimum atomic E-state index is -3.75. The van der Waals surface area contributed by atoms with Gasteiger partial charge in [0, 0.05) is 31.5 Å². The van der Waals surface area contributed by atoms with Crippen molar-refractivity contribution in [1.82, 2.24) is 14.7 Å². The molecule has 4 unspecified atom stereocenters. The van der Waals surface area contributed by atoms with E-state index in [9.17, 15) is 8.42 Å². The smallest absolute Gasteiger partial charge is 0.241 e. The van der Waals surface area contributed by atoms with Crippen molar-refractivity contribution >= 4 is 32.4 Å². The van der Waals surface area contributed by atoms with Gasteiger partial charge in [0.25, 0.3) is 0 Å². The summed E-state index contributed by atoms with van der Waals surface area (Å²) in [6.07, 6.45) is 0.976. The van der Waals surface area contributed by atoms with Gasteiger partial charge in [0.15, 0.2) is 0 Å². The highest BCUT2D eigenvalue weighted by Gasteiger charge is 2.49. The van der Waals surface area contributed by atoms with E-state index in [1.165, 1.54) is 0 Å². The Morgan fingerprint density at radius 3 is 2.34 bits per heavy atom. The standard InChI is InChI=1S/C28H29N5O4S/c1-33(2)21-10-7-19(8-11-21)23-13-14-29-28(30-23)31-24-16-36-27-25(17-37-26(24)27)32-38(34,35)22-12-9-18-5-3-4-6-20(18)15-22/h3-15,24-27,32H,16-17H2,1-2H3,(H,29,30,31). The first-order valence-electron chi connectivity index (χ1n) is 12.5. The van der Waals surface area contributed by atoms with Gasteiger partial charge in [0.1, 0.15) is 12.2 Å². The Morgan fingerprint density at radius 2 is 1.58 bits per heavy atom. The Balaban J connectivity index is 1.13. The molecule has 9 nitrogen and oxygen atoms in total. The molecule has 2 N–H and O–H groups in total. The molecule has 2 fully saturated rings. The number of aromatic nitrogens is 2. The molecule has 0 amide bonds. The second kappa shape index (κ2) is 9.95. The number of nitrogens with one attached hydrogen (secondary N) is 2. The lowest BCUT2D eigenvalue weighted by Crippen LogP contribution is -2.44. The molecule has 0 saturated carbocycles. The molecule has 38 heavy (non-hydrogen) atoms. The maximum atomic E-state index is 13.2. The number of anilines is 2. The van der Waals surface area contributed by atoms with Crippen molar-refractivity contribution in [3.8, 4) is 11.3 Å². The Hall–Kier alpha value is -3.57. The largest absolute Gasteiger partial charge is 0.378 e. The molecule has 196 valence electrons. The van der Waals surface area contributed by atoms with Crippen molar-refractivity contribution in [1.29, 1.82) is 0 Å². The Bertz CT molecular complexity index is 1560. The molecule has 0 aliphatic carbocycles. The van der Waals surface area contributed by atoms with Crippen molar-refractivity contribution in [2.24, 2.45) is 0 Å². The third-order valence-corrected chi connectivity index (χ3v) is 8.53. The molecule has 0 spiro atoms. The fourth-order valence-corrected chi connectivity index (χ4v) is 6.28. The van der Waals surface area contributed by atoms with Crippen LogP contribution in [0.3, 0.4) is 0 Å². The summed E-state index contributed by atoms with van der Waals surface area (Å²) in [5.74, 6) is 0.470. The van der Waals surface area contributed by atoms with Crippen LogP contribution in [0.25, 0.3) is 22.0 Å². The average molecular weight is 532 g/mol. The van der Waals surface area contributed by atoms with Gasteiger partial charge in [-0.05, 0) is 41.1 Å². The molecule has 10 heteroatoms. The highest BCUT2D eigenvalue weighted by atomic mass is 32.2. The van der Waals surface area contributed by atoms with Crippen LogP contribution in [0.1, 0.15) is 0 Å². The highest BCUT2D eigenvalue weighted by Crippen LogP contribution is 2.30. The van der Waals surface area contributed by atoms with Crippen molar-refractivity contribution in [2.75, 3.05) is 37.5 Å². The van der Waals surface area contributed by atoms with Crippen LogP contribution in [0.2, 0.25) is 0 Å². The third kappa shape index (κ3) is 4.83. The molecular weight excluding hydrogens is 502 g/mol. The Morgan fingerprint density at radius 1 is 0.868 bits per heavy atom. The van der Waals surface area contributed by atoms with Crippen molar-refractivity contribution in [3.05, 3.63) is 79.0 Å². The van der Waals surface area contributed by atoms with Crippen molar-refractivity contribution < 1.29 is 17.9 Å². The Kier molecular flexibility index (Phi) is 6.48. The summed E-state index contributed by atoms with van der Waals surface area (Å²) >= 11 is 0. The fourth-order valence-electron chi connectivity index (χ4n) is 5.01. The zero-order chi connectivity index (χ0) is 26.3. The molecule has 3 aromatic carbocycles. The van der Waals surface area contributed by atoms with E-state index in [0.717, 1.165) is 27.7 Å². The Labute approximate surface area is 221 Å². The van der Waals surface area contributed by atoms with Crippen LogP contribution in [-0.4, -0.2) is 70.0 Å². The van der Waals surface area contributed by atoms with Crippen LogP contribution in [0.4, 0.5) is 11.6 Å². The molecule has 0 radical (unpaired) electrons. The summed E-state index contributed by atoms with van der Waals surface area (Å²) in [4.78, 5) is 11.3. The first kappa shape index (κ1) is 24.7. The summed E-state index contributed by atoms with van der Waals surface area (Å²) in [5, 5.41) is 5.18. The molecule has 2 saturated heterocycles. The zero-order valence-electron chi connectivity index (χ0n) is 21.1. The van der Waals surface area contributed by atoms with E-state index in [-0.39, 0.29) is 23.6 Å². The van der Waals surface area contributed by atoms with Crippen LogP contribution in [0.5, 0.6) is 0 Å². The van der Waals surface area contributed by atoms with E-state index >= 15 is 0 Å². The summed E-state index contributed by atoms with van der Waals surface area (Å²) < 4.78 is 41.1. The van der Waals surface area contributed by atoms with Crippen molar-refractivity contribution in [3.63, 3.8) is 0 Å². The highest BCUT2D eigenvalue weighted by molar-refractivity contribution is 7.89. The first-order chi connectivity index (χ1) is 18.4. The quantitative estimate of drug-likeness (QED) is 0.374. The van der Waals surface area contributed by atoms with Crippen molar-refractivity contribution in [2.45, 2.75) is 29.2 Å². The van der Waals surface area contributed by atoms with Gasteiger partial charge in [-0.25, -0.2) is 23.1 Å². The molecule has 1 aromatic heterocycles. The number of nitrogens with zero attached hydrogens (tertiary/aromatic N) is 3. The van der Waals surface area contributed by atoms with E-state index in [1.807, 2.05) is 79.7 Å². The zero-order valence-corrected chi connectivity index (χ0v) is 21.9. The number of hydrogen-bond donors (Lipinski definition) is 2. The summed E-state index contributed by atoms with van der Waals surface area (Å²) in [5.41, 5.74) is 2.90. The predicted molar refractivity (Wildman–Crippen MR) is 147 cm³/mol. The van der Waals surface area contributed by atoms with Gasteiger partial charge in [0.05, 0.1) is 35.9 Å². The topological polar surface area (TPSA) is 106 Å². The van der Waals surface area contributed by atoms with Gasteiger partial charge in [-0.15, -0.1) is 0 Å². The molecule has 2 aliphatic heterocycles. The number of benzene rings is 3. The number of sulfonamides is 1. The monoisotopic (exact) mass is 531 g/mol. The number of rotatable bonds is 7. The maximum absolute atomic E-state index is 13.2. The molecule has 3 heterocycles. The van der Waals surface area contributed by atoms with Gasteiger partial charge < -0.3 is 19.7 Å². The van der Waals surface area contributed by atoms with Crippen LogP contribution in [-0.2, 0) is 19.5 Å².